The summed E-state index contributed by atoms with van der Waals surface area (Å²) in [5.74, 6) is 0.433. The molecule has 1 aromatic rings. The molecule has 2 rings (SSSR count). The minimum Gasteiger partial charge on any atom is -0.354 e. The summed E-state index contributed by atoms with van der Waals surface area (Å²) in [6.07, 6.45) is 2.47. The van der Waals surface area contributed by atoms with E-state index < -0.39 is 10.0 Å². The normalized spacial score (nSPS) is 14.1. The Morgan fingerprint density at radius 2 is 1.87 bits per heavy atom. The van der Waals surface area contributed by atoms with Crippen LogP contribution >= 0.6 is 12.4 Å². The smallest absolute Gasteiger partial charge is 0.233 e. The number of hydrogen-bond donors (Lipinski definition) is 3. The zero-order valence-electron chi connectivity index (χ0n) is 13.0. The van der Waals surface area contributed by atoms with Crippen molar-refractivity contribution >= 4 is 28.3 Å². The van der Waals surface area contributed by atoms with Gasteiger partial charge in [-0.05, 0) is 30.9 Å². The lowest BCUT2D eigenvalue weighted by Crippen LogP contribution is -2.38. The Bertz CT molecular complexity index is 577. The molecule has 8 heteroatoms. The predicted molar refractivity (Wildman–Crippen MR) is 92.9 cm³/mol. The van der Waals surface area contributed by atoms with Crippen LogP contribution in [0.1, 0.15) is 18.4 Å². The SMILES string of the molecule is Cl.O=C(CNCC1CC1)NCCS(=O)(=O)NCc1ccccc1. The highest BCUT2D eigenvalue weighted by Gasteiger charge is 2.20. The summed E-state index contributed by atoms with van der Waals surface area (Å²) in [7, 11) is -3.38. The number of rotatable bonds is 10. The zero-order chi connectivity index (χ0) is 15.8. The summed E-state index contributed by atoms with van der Waals surface area (Å²) in [6.45, 7) is 1.49. The second-order valence-corrected chi connectivity index (χ2v) is 7.48. The summed E-state index contributed by atoms with van der Waals surface area (Å²) >= 11 is 0. The highest BCUT2D eigenvalue weighted by molar-refractivity contribution is 7.89. The van der Waals surface area contributed by atoms with E-state index in [4.69, 9.17) is 0 Å². The number of carbonyl (C=O) groups is 1. The van der Waals surface area contributed by atoms with Crippen LogP contribution < -0.4 is 15.4 Å². The molecule has 130 valence electrons. The van der Waals surface area contributed by atoms with Crippen LogP contribution in [0.4, 0.5) is 0 Å². The van der Waals surface area contributed by atoms with Crippen LogP contribution in [-0.2, 0) is 21.4 Å². The van der Waals surface area contributed by atoms with Gasteiger partial charge in [0.2, 0.25) is 15.9 Å². The van der Waals surface area contributed by atoms with Crippen LogP contribution in [0.15, 0.2) is 30.3 Å². The van der Waals surface area contributed by atoms with Crippen molar-refractivity contribution in [1.29, 1.82) is 0 Å². The van der Waals surface area contributed by atoms with E-state index >= 15 is 0 Å². The molecular formula is C15H24ClN3O3S. The lowest BCUT2D eigenvalue weighted by atomic mass is 10.2. The zero-order valence-corrected chi connectivity index (χ0v) is 14.6. The van der Waals surface area contributed by atoms with Crippen LogP contribution in [0.3, 0.4) is 0 Å². The van der Waals surface area contributed by atoms with Crippen molar-refractivity contribution < 1.29 is 13.2 Å². The Balaban J connectivity index is 0.00000264. The molecule has 0 bridgehead atoms. The summed E-state index contributed by atoms with van der Waals surface area (Å²) in [5.41, 5.74) is 0.902. The Morgan fingerprint density at radius 1 is 1.17 bits per heavy atom. The minimum atomic E-state index is -3.38. The van der Waals surface area contributed by atoms with Crippen LogP contribution in [0.5, 0.6) is 0 Å². The van der Waals surface area contributed by atoms with Crippen molar-refractivity contribution in [3.63, 3.8) is 0 Å². The fraction of sp³-hybridized carbons (Fsp3) is 0.533. The molecule has 0 unspecified atom stereocenters. The molecule has 0 heterocycles. The van der Waals surface area contributed by atoms with Crippen LogP contribution in [0, 0.1) is 5.92 Å². The summed E-state index contributed by atoms with van der Waals surface area (Å²) in [6, 6.07) is 9.31. The third-order valence-electron chi connectivity index (χ3n) is 3.45. The third kappa shape index (κ3) is 8.90. The number of benzene rings is 1. The van der Waals surface area contributed by atoms with Gasteiger partial charge in [0, 0.05) is 13.1 Å². The average molecular weight is 362 g/mol. The lowest BCUT2D eigenvalue weighted by molar-refractivity contribution is -0.120. The van der Waals surface area contributed by atoms with Gasteiger partial charge in [-0.2, -0.15) is 0 Å². The summed E-state index contributed by atoms with van der Waals surface area (Å²) < 4.78 is 26.2. The standard InChI is InChI=1S/C15H23N3O3S.ClH/c19-15(12-16-10-14-6-7-14)17-8-9-22(20,21)18-11-13-4-2-1-3-5-13;/h1-5,14,16,18H,6-12H2,(H,17,19);1H. The van der Waals surface area contributed by atoms with Crippen molar-refractivity contribution in [3.8, 4) is 0 Å². The van der Waals surface area contributed by atoms with Gasteiger partial charge in [0.15, 0.2) is 0 Å². The monoisotopic (exact) mass is 361 g/mol. The van der Waals surface area contributed by atoms with Gasteiger partial charge >= 0.3 is 0 Å². The fourth-order valence-corrected chi connectivity index (χ4v) is 2.86. The number of hydrogen-bond acceptors (Lipinski definition) is 4. The third-order valence-corrected chi connectivity index (χ3v) is 4.77. The molecule has 1 fully saturated rings. The molecule has 1 aliphatic rings. The average Bonchev–Trinajstić information content (AvgIpc) is 3.30. The fourth-order valence-electron chi connectivity index (χ4n) is 1.96. The number of nitrogens with one attached hydrogen (secondary N) is 3. The molecular weight excluding hydrogens is 338 g/mol. The first-order chi connectivity index (χ1) is 10.6. The van der Waals surface area contributed by atoms with Crippen molar-refractivity contribution in [2.75, 3.05) is 25.4 Å². The van der Waals surface area contributed by atoms with Crippen LogP contribution in [0.25, 0.3) is 0 Å². The van der Waals surface area contributed by atoms with E-state index in [1.54, 1.807) is 0 Å². The molecule has 0 saturated heterocycles. The predicted octanol–water partition coefficient (Wildman–Crippen LogP) is 0.644. The maximum absolute atomic E-state index is 11.8. The highest BCUT2D eigenvalue weighted by atomic mass is 35.5. The van der Waals surface area contributed by atoms with Gasteiger partial charge < -0.3 is 10.6 Å². The molecule has 1 amide bonds. The maximum Gasteiger partial charge on any atom is 0.233 e. The molecule has 23 heavy (non-hydrogen) atoms. The van der Waals surface area contributed by atoms with Gasteiger partial charge in [0.1, 0.15) is 0 Å². The summed E-state index contributed by atoms with van der Waals surface area (Å²) in [5, 5.41) is 5.67. The van der Waals surface area contributed by atoms with E-state index in [-0.39, 0.29) is 43.7 Å². The summed E-state index contributed by atoms with van der Waals surface area (Å²) in [4.78, 5) is 11.5. The van der Waals surface area contributed by atoms with Gasteiger partial charge in [-0.25, -0.2) is 13.1 Å². The number of carbonyl (C=O) groups excluding carboxylic acids is 1. The molecule has 1 aromatic carbocycles. The number of sulfonamides is 1. The Morgan fingerprint density at radius 3 is 2.52 bits per heavy atom. The van der Waals surface area contributed by atoms with Gasteiger partial charge in [-0.3, -0.25) is 4.79 Å². The van der Waals surface area contributed by atoms with Crippen molar-refractivity contribution in [3.05, 3.63) is 35.9 Å². The molecule has 1 aliphatic carbocycles. The number of amides is 1. The van der Waals surface area contributed by atoms with Gasteiger partial charge in [-0.1, -0.05) is 30.3 Å². The molecule has 0 radical (unpaired) electrons. The first-order valence-corrected chi connectivity index (χ1v) is 9.19. The Labute approximate surface area is 143 Å². The van der Waals surface area contributed by atoms with E-state index in [9.17, 15) is 13.2 Å². The van der Waals surface area contributed by atoms with E-state index in [0.717, 1.165) is 18.0 Å². The Kier molecular flexibility index (Phi) is 8.54. The molecule has 1 saturated carbocycles. The highest BCUT2D eigenvalue weighted by Crippen LogP contribution is 2.27. The second kappa shape index (κ2) is 9.87. The molecule has 0 spiro atoms. The van der Waals surface area contributed by atoms with Crippen molar-refractivity contribution in [2.45, 2.75) is 19.4 Å². The van der Waals surface area contributed by atoms with Crippen molar-refractivity contribution in [2.24, 2.45) is 5.92 Å². The van der Waals surface area contributed by atoms with Gasteiger partial charge in [0.05, 0.1) is 12.3 Å². The second-order valence-electron chi connectivity index (χ2n) is 5.55. The van der Waals surface area contributed by atoms with E-state index in [2.05, 4.69) is 15.4 Å². The van der Waals surface area contributed by atoms with E-state index in [0.29, 0.717) is 0 Å². The number of halogens is 1. The molecule has 0 aliphatic heterocycles. The topological polar surface area (TPSA) is 87.3 Å². The molecule has 0 atom stereocenters. The molecule has 6 nitrogen and oxygen atoms in total. The Hall–Kier alpha value is -1.15. The first-order valence-electron chi connectivity index (χ1n) is 7.54. The maximum atomic E-state index is 11.8. The quantitative estimate of drug-likeness (QED) is 0.571. The van der Waals surface area contributed by atoms with E-state index in [1.165, 1.54) is 12.8 Å². The van der Waals surface area contributed by atoms with Gasteiger partial charge in [-0.15, -0.1) is 12.4 Å². The lowest BCUT2D eigenvalue weighted by Gasteiger charge is -2.08. The van der Waals surface area contributed by atoms with Crippen molar-refractivity contribution in [1.82, 2.24) is 15.4 Å². The van der Waals surface area contributed by atoms with Crippen LogP contribution in [0.2, 0.25) is 0 Å². The molecule has 3 N–H and O–H groups in total. The molecule has 0 aromatic heterocycles. The van der Waals surface area contributed by atoms with Crippen LogP contribution in [-0.4, -0.2) is 39.7 Å². The minimum absolute atomic E-state index is 0. The van der Waals surface area contributed by atoms with E-state index in [1.807, 2.05) is 30.3 Å². The van der Waals surface area contributed by atoms with Gasteiger partial charge in [0.25, 0.3) is 0 Å². The first kappa shape index (κ1) is 19.9. The largest absolute Gasteiger partial charge is 0.354 e.